The molecule has 0 aromatic carbocycles. The largest absolute Gasteiger partial charge is 0.352 e. The Hall–Kier alpha value is -0.300. The van der Waals surface area contributed by atoms with Crippen molar-refractivity contribution in [3.8, 4) is 0 Å². The number of hydrogen-bond acceptors (Lipinski definition) is 1. The molecule has 0 spiro atoms. The zero-order chi connectivity index (χ0) is 10.1. The third kappa shape index (κ3) is 8.04. The molecule has 0 aliphatic carbocycles. The SMILES string of the molecule is CCP(CC)CCCCNC(N)=O. The maximum atomic E-state index is 10.3. The molecule has 0 fully saturated rings. The summed E-state index contributed by atoms with van der Waals surface area (Å²) in [5.74, 6) is 0. The maximum Gasteiger partial charge on any atom is 0.312 e. The minimum Gasteiger partial charge on any atom is -0.352 e. The van der Waals surface area contributed by atoms with Gasteiger partial charge in [0.15, 0.2) is 0 Å². The zero-order valence-corrected chi connectivity index (χ0v) is 9.57. The van der Waals surface area contributed by atoms with E-state index in [9.17, 15) is 4.79 Å². The second kappa shape index (κ2) is 8.31. The first-order valence-corrected chi connectivity index (χ1v) is 6.86. The molecule has 2 amide bonds. The molecule has 0 radical (unpaired) electrons. The lowest BCUT2D eigenvalue weighted by Crippen LogP contribution is -2.30. The van der Waals surface area contributed by atoms with Crippen LogP contribution < -0.4 is 11.1 Å². The number of amides is 2. The molecule has 78 valence electrons. The van der Waals surface area contributed by atoms with Gasteiger partial charge in [-0.25, -0.2) is 4.79 Å². The van der Waals surface area contributed by atoms with Crippen LogP contribution in [0.25, 0.3) is 0 Å². The van der Waals surface area contributed by atoms with E-state index in [0.29, 0.717) is 0 Å². The Labute approximate surface area is 82.2 Å². The van der Waals surface area contributed by atoms with Gasteiger partial charge in [0.2, 0.25) is 0 Å². The molecule has 0 aliphatic rings. The average Bonchev–Trinajstić information content (AvgIpc) is 2.11. The van der Waals surface area contributed by atoms with Crippen LogP contribution in [-0.2, 0) is 0 Å². The molecule has 0 aromatic heterocycles. The number of urea groups is 1. The summed E-state index contributed by atoms with van der Waals surface area (Å²) in [7, 11) is 0.268. The zero-order valence-electron chi connectivity index (χ0n) is 8.68. The molecule has 0 aromatic rings. The van der Waals surface area contributed by atoms with Crippen molar-refractivity contribution in [1.82, 2.24) is 5.32 Å². The van der Waals surface area contributed by atoms with Crippen molar-refractivity contribution in [2.75, 3.05) is 25.0 Å². The van der Waals surface area contributed by atoms with Crippen LogP contribution in [0.15, 0.2) is 0 Å². The van der Waals surface area contributed by atoms with Crippen molar-refractivity contribution in [2.45, 2.75) is 26.7 Å². The van der Waals surface area contributed by atoms with Crippen molar-refractivity contribution in [1.29, 1.82) is 0 Å². The van der Waals surface area contributed by atoms with E-state index in [1.165, 1.54) is 24.9 Å². The van der Waals surface area contributed by atoms with Crippen LogP contribution in [0.4, 0.5) is 4.79 Å². The number of carbonyl (C=O) groups excluding carboxylic acids is 1. The Bertz CT molecular complexity index is 138. The van der Waals surface area contributed by atoms with E-state index in [-0.39, 0.29) is 7.92 Å². The Balaban J connectivity index is 3.19. The smallest absolute Gasteiger partial charge is 0.312 e. The third-order valence-electron chi connectivity index (χ3n) is 2.09. The van der Waals surface area contributed by atoms with Gasteiger partial charge in [0.25, 0.3) is 0 Å². The van der Waals surface area contributed by atoms with Gasteiger partial charge in [-0.1, -0.05) is 13.8 Å². The van der Waals surface area contributed by atoms with Crippen LogP contribution in [0, 0.1) is 0 Å². The fraction of sp³-hybridized carbons (Fsp3) is 0.889. The first kappa shape index (κ1) is 12.7. The van der Waals surface area contributed by atoms with Gasteiger partial charge in [0, 0.05) is 6.54 Å². The molecule has 0 bridgehead atoms. The van der Waals surface area contributed by atoms with E-state index in [1.54, 1.807) is 0 Å². The van der Waals surface area contributed by atoms with Gasteiger partial charge in [0.1, 0.15) is 0 Å². The summed E-state index contributed by atoms with van der Waals surface area (Å²) in [6.45, 7) is 5.25. The molecule has 0 heterocycles. The summed E-state index contributed by atoms with van der Waals surface area (Å²) >= 11 is 0. The first-order valence-electron chi connectivity index (χ1n) is 4.96. The quantitative estimate of drug-likeness (QED) is 0.483. The normalized spacial score (nSPS) is 10.4. The molecule has 0 saturated carbocycles. The third-order valence-corrected chi connectivity index (χ3v) is 4.83. The van der Waals surface area contributed by atoms with Crippen molar-refractivity contribution in [3.05, 3.63) is 0 Å². The summed E-state index contributed by atoms with van der Waals surface area (Å²) in [5.41, 5.74) is 4.94. The van der Waals surface area contributed by atoms with Crippen molar-refractivity contribution in [3.63, 3.8) is 0 Å². The lowest BCUT2D eigenvalue weighted by atomic mass is 10.3. The van der Waals surface area contributed by atoms with Crippen LogP contribution in [0.1, 0.15) is 26.7 Å². The molecule has 0 unspecified atom stereocenters. The van der Waals surface area contributed by atoms with Crippen molar-refractivity contribution < 1.29 is 4.79 Å². The Morgan fingerprint density at radius 2 is 1.92 bits per heavy atom. The second-order valence-electron chi connectivity index (χ2n) is 3.03. The number of carbonyl (C=O) groups is 1. The highest BCUT2D eigenvalue weighted by Gasteiger charge is 2.01. The standard InChI is InChI=1S/C9H21N2OP/c1-3-13(4-2)8-6-5-7-11-9(10)12/h3-8H2,1-2H3,(H3,10,11,12). The van der Waals surface area contributed by atoms with E-state index in [0.717, 1.165) is 13.0 Å². The van der Waals surface area contributed by atoms with Crippen LogP contribution in [0.3, 0.4) is 0 Å². The van der Waals surface area contributed by atoms with Crippen LogP contribution >= 0.6 is 7.92 Å². The predicted octanol–water partition coefficient (Wildman–Crippen LogP) is 1.96. The highest BCUT2D eigenvalue weighted by molar-refractivity contribution is 7.57. The molecule has 13 heavy (non-hydrogen) atoms. The van der Waals surface area contributed by atoms with Gasteiger partial charge < -0.3 is 11.1 Å². The minimum absolute atomic E-state index is 0.268. The molecule has 3 N–H and O–H groups in total. The monoisotopic (exact) mass is 204 g/mol. The van der Waals surface area contributed by atoms with Crippen molar-refractivity contribution in [2.24, 2.45) is 5.73 Å². The average molecular weight is 204 g/mol. The fourth-order valence-corrected chi connectivity index (χ4v) is 2.96. The van der Waals surface area contributed by atoms with Crippen LogP contribution in [0.2, 0.25) is 0 Å². The van der Waals surface area contributed by atoms with Gasteiger partial charge in [0.05, 0.1) is 0 Å². The maximum absolute atomic E-state index is 10.3. The van der Waals surface area contributed by atoms with Gasteiger partial charge >= 0.3 is 6.03 Å². The van der Waals surface area contributed by atoms with E-state index in [4.69, 9.17) is 5.73 Å². The van der Waals surface area contributed by atoms with Crippen LogP contribution in [0.5, 0.6) is 0 Å². The predicted molar refractivity (Wildman–Crippen MR) is 59.7 cm³/mol. The highest BCUT2D eigenvalue weighted by atomic mass is 31.1. The van der Waals surface area contributed by atoms with Crippen LogP contribution in [-0.4, -0.2) is 31.1 Å². The summed E-state index contributed by atoms with van der Waals surface area (Å²) in [4.78, 5) is 10.3. The molecular formula is C9H21N2OP. The Morgan fingerprint density at radius 3 is 2.38 bits per heavy atom. The summed E-state index contributed by atoms with van der Waals surface area (Å²) in [6.07, 6.45) is 6.27. The fourth-order valence-electron chi connectivity index (χ4n) is 1.21. The lowest BCUT2D eigenvalue weighted by molar-refractivity contribution is 0.249. The molecule has 0 saturated heterocycles. The second-order valence-corrected chi connectivity index (χ2v) is 6.08. The van der Waals surface area contributed by atoms with Gasteiger partial charge in [-0.2, -0.15) is 0 Å². The van der Waals surface area contributed by atoms with E-state index < -0.39 is 6.03 Å². The minimum atomic E-state index is -0.409. The van der Waals surface area contributed by atoms with Gasteiger partial charge in [-0.15, -0.1) is 7.92 Å². The molecule has 0 aliphatic heterocycles. The first-order chi connectivity index (χ1) is 6.20. The molecule has 0 atom stereocenters. The lowest BCUT2D eigenvalue weighted by Gasteiger charge is -2.12. The molecule has 4 heteroatoms. The summed E-state index contributed by atoms with van der Waals surface area (Å²) in [6, 6.07) is -0.409. The number of nitrogens with one attached hydrogen (secondary N) is 1. The van der Waals surface area contributed by atoms with Gasteiger partial charge in [-0.3, -0.25) is 0 Å². The number of primary amides is 1. The number of nitrogens with two attached hydrogens (primary N) is 1. The van der Waals surface area contributed by atoms with E-state index in [2.05, 4.69) is 19.2 Å². The molecule has 3 nitrogen and oxygen atoms in total. The van der Waals surface area contributed by atoms with E-state index in [1.807, 2.05) is 0 Å². The Kier molecular flexibility index (Phi) is 8.11. The summed E-state index contributed by atoms with van der Waals surface area (Å²) < 4.78 is 0. The summed E-state index contributed by atoms with van der Waals surface area (Å²) in [5, 5.41) is 2.60. The highest BCUT2D eigenvalue weighted by Crippen LogP contribution is 2.34. The van der Waals surface area contributed by atoms with E-state index >= 15 is 0 Å². The van der Waals surface area contributed by atoms with Crippen molar-refractivity contribution >= 4 is 14.0 Å². The number of hydrogen-bond donors (Lipinski definition) is 2. The topological polar surface area (TPSA) is 55.1 Å². The molecular weight excluding hydrogens is 183 g/mol. The number of rotatable bonds is 7. The molecule has 0 rings (SSSR count). The number of unbranched alkanes of at least 4 members (excludes halogenated alkanes) is 1. The Morgan fingerprint density at radius 1 is 1.31 bits per heavy atom. The van der Waals surface area contributed by atoms with Gasteiger partial charge in [-0.05, 0) is 31.3 Å².